The average Bonchev–Trinajstić information content (AvgIpc) is 0.779. The van der Waals surface area contributed by atoms with Gasteiger partial charge in [0.05, 0.1) is 38.6 Å². The number of nitrogens with one attached hydrogen (secondary N) is 1. The Morgan fingerprint density at radius 1 is 0.319 bits per heavy atom. The second kappa shape index (κ2) is 75.0. The molecule has 3 rings (SSSR count). The van der Waals surface area contributed by atoms with Crippen molar-refractivity contribution < 1.29 is 89.4 Å². The number of aliphatic hydroxyl groups is 11. The van der Waals surface area contributed by atoms with E-state index in [1.165, 1.54) is 193 Å². The molecule has 17 atom stereocenters. The topological polar surface area (TPSA) is 307 Å². The molecule has 0 aromatic heterocycles. The molecule has 12 N–H and O–H groups in total. The highest BCUT2D eigenvalue weighted by atomic mass is 16.8. The maximum Gasteiger partial charge on any atom is 0.220 e. The fraction of sp³-hybridized carbons (Fsp3) is 0.784. The molecule has 670 valence electrons. The molecular formula is C97H169NO18. The van der Waals surface area contributed by atoms with E-state index >= 15 is 0 Å². The Bertz CT molecular complexity index is 2570. The number of rotatable bonds is 75. The van der Waals surface area contributed by atoms with Gasteiger partial charge in [0.15, 0.2) is 18.9 Å². The van der Waals surface area contributed by atoms with Crippen LogP contribution in [0.3, 0.4) is 0 Å². The summed E-state index contributed by atoms with van der Waals surface area (Å²) in [6.45, 7) is 1.72. The van der Waals surface area contributed by atoms with E-state index in [0.717, 1.165) is 128 Å². The van der Waals surface area contributed by atoms with Gasteiger partial charge in [0, 0.05) is 6.42 Å². The second-order valence-corrected chi connectivity index (χ2v) is 32.7. The van der Waals surface area contributed by atoms with Crippen LogP contribution >= 0.6 is 0 Å². The molecule has 0 aromatic rings. The molecule has 0 radical (unpaired) electrons. The SMILES string of the molecule is CC/C=C\C/C=C\C/C=C\C/C=C\C/C=C\C/C=C\C/C=C\C/C=C\C/C=C\C/C=C\CCCCCCCCCCC(=O)NC(COC1OC(CO)C(OC2OC(CO)C(OC3OC(CO)C(O)C(O)C3O)C(O)C2O)C(O)C1O)C(O)CCCCCCCCCCCCCCCCCCCCCCCCCCCCCCCCCC. The fourth-order valence-corrected chi connectivity index (χ4v) is 15.2. The number of hydrogen-bond acceptors (Lipinski definition) is 18. The van der Waals surface area contributed by atoms with Crippen LogP contribution in [0.2, 0.25) is 0 Å². The van der Waals surface area contributed by atoms with Gasteiger partial charge in [-0.25, -0.2) is 0 Å². The van der Waals surface area contributed by atoms with Crippen molar-refractivity contribution in [2.45, 2.75) is 458 Å². The quantitative estimate of drug-likeness (QED) is 0.0199. The van der Waals surface area contributed by atoms with Crippen LogP contribution in [-0.4, -0.2) is 193 Å². The minimum atomic E-state index is -1.98. The third kappa shape index (κ3) is 52.5. The first-order valence-electron chi connectivity index (χ1n) is 46.8. The van der Waals surface area contributed by atoms with Crippen molar-refractivity contribution >= 4 is 5.91 Å². The molecule has 3 fully saturated rings. The Hall–Kier alpha value is -3.81. The van der Waals surface area contributed by atoms with E-state index in [9.17, 15) is 61.0 Å². The lowest BCUT2D eigenvalue weighted by atomic mass is 9.96. The monoisotopic (exact) mass is 1640 g/mol. The van der Waals surface area contributed by atoms with Crippen LogP contribution in [0.25, 0.3) is 0 Å². The number of amides is 1. The molecule has 3 aliphatic heterocycles. The molecule has 0 saturated carbocycles. The average molecular weight is 1640 g/mol. The predicted octanol–water partition coefficient (Wildman–Crippen LogP) is 18.6. The summed E-state index contributed by atoms with van der Waals surface area (Å²) >= 11 is 0. The van der Waals surface area contributed by atoms with Gasteiger partial charge in [-0.1, -0.05) is 379 Å². The molecule has 3 aliphatic rings. The second-order valence-electron chi connectivity index (χ2n) is 32.7. The number of hydrogen-bond donors (Lipinski definition) is 12. The molecule has 1 amide bonds. The molecule has 17 unspecified atom stereocenters. The van der Waals surface area contributed by atoms with Gasteiger partial charge in [-0.05, 0) is 89.9 Å². The van der Waals surface area contributed by atoms with Crippen LogP contribution in [0.1, 0.15) is 354 Å². The number of aliphatic hydroxyl groups excluding tert-OH is 11. The highest BCUT2D eigenvalue weighted by molar-refractivity contribution is 5.76. The van der Waals surface area contributed by atoms with Crippen LogP contribution in [0.15, 0.2) is 122 Å². The Balaban J connectivity index is 1.32. The standard InChI is InChI=1S/C97H169NO18/c1-3-5-7-9-11-13-15-17-19-21-23-25-27-29-31-33-35-37-38-39-40-41-42-43-45-47-49-51-53-55-57-59-61-63-65-67-69-71-73-75-85(103)98-80(81(102)74-72-70-68-66-64-62-60-58-56-54-52-50-48-46-44-36-34-32-30-28-26-24-22-20-18-16-14-12-10-8-6-4-2)79-111-95-91(109)88(106)93(83(77-100)113-95)116-97-92(110)89(107)94(84(78-101)114-97)115-96-90(108)87(105)86(104)82(76-99)112-96/h5,7,11,13,17,19,23,25,29,31,35,37,39-40,42-43,47,49,53,55,80-84,86-97,99-102,104-110H,3-4,6,8-10,12,14-16,18,20-22,24,26-28,30,32-34,36,38,41,44-46,48,50-52,54,56-79H2,1-2H3,(H,98,103)/b7-5-,13-11-,19-17-,25-23-,31-29-,37-35-,40-39-,43-42-,49-47-,55-53-. The summed E-state index contributed by atoms with van der Waals surface area (Å²) in [4.78, 5) is 13.6. The van der Waals surface area contributed by atoms with E-state index in [-0.39, 0.29) is 18.9 Å². The van der Waals surface area contributed by atoms with Crippen molar-refractivity contribution in [1.29, 1.82) is 0 Å². The number of allylic oxidation sites excluding steroid dienone is 20. The summed E-state index contributed by atoms with van der Waals surface area (Å²) in [7, 11) is 0. The molecular weight excluding hydrogens is 1470 g/mol. The molecule has 19 heteroatoms. The summed E-state index contributed by atoms with van der Waals surface area (Å²) in [6.07, 6.45) is 80.1. The zero-order valence-corrected chi connectivity index (χ0v) is 72.4. The molecule has 0 aliphatic carbocycles. The Kier molecular flexibility index (Phi) is 68.8. The maximum absolute atomic E-state index is 13.6. The van der Waals surface area contributed by atoms with Crippen molar-refractivity contribution in [3.8, 4) is 0 Å². The van der Waals surface area contributed by atoms with Crippen molar-refractivity contribution in [2.75, 3.05) is 26.4 Å². The van der Waals surface area contributed by atoms with Crippen molar-refractivity contribution in [3.63, 3.8) is 0 Å². The lowest BCUT2D eigenvalue weighted by molar-refractivity contribution is -0.379. The van der Waals surface area contributed by atoms with E-state index in [2.05, 4.69) is 141 Å². The molecule has 116 heavy (non-hydrogen) atoms. The van der Waals surface area contributed by atoms with Gasteiger partial charge >= 0.3 is 0 Å². The van der Waals surface area contributed by atoms with E-state index in [1.54, 1.807) is 0 Å². The van der Waals surface area contributed by atoms with Crippen LogP contribution < -0.4 is 5.32 Å². The zero-order chi connectivity index (χ0) is 83.8. The Morgan fingerprint density at radius 3 is 0.931 bits per heavy atom. The van der Waals surface area contributed by atoms with Gasteiger partial charge in [-0.3, -0.25) is 4.79 Å². The number of carbonyl (C=O) groups is 1. The number of carbonyl (C=O) groups excluding carboxylic acids is 1. The van der Waals surface area contributed by atoms with Gasteiger partial charge in [0.25, 0.3) is 0 Å². The van der Waals surface area contributed by atoms with Crippen LogP contribution in [0.5, 0.6) is 0 Å². The van der Waals surface area contributed by atoms with Crippen molar-refractivity contribution in [3.05, 3.63) is 122 Å². The van der Waals surface area contributed by atoms with E-state index in [1.807, 2.05) is 0 Å². The largest absolute Gasteiger partial charge is 0.394 e. The maximum atomic E-state index is 13.6. The summed E-state index contributed by atoms with van der Waals surface area (Å²) < 4.78 is 34.6. The van der Waals surface area contributed by atoms with E-state index in [0.29, 0.717) is 12.8 Å². The van der Waals surface area contributed by atoms with Crippen molar-refractivity contribution in [1.82, 2.24) is 5.32 Å². The smallest absolute Gasteiger partial charge is 0.220 e. The minimum Gasteiger partial charge on any atom is -0.394 e. The third-order valence-electron chi connectivity index (χ3n) is 22.6. The third-order valence-corrected chi connectivity index (χ3v) is 22.6. The summed E-state index contributed by atoms with van der Waals surface area (Å²) in [6, 6.07) is -0.903. The first-order valence-corrected chi connectivity index (χ1v) is 46.8. The molecule has 0 aromatic carbocycles. The zero-order valence-electron chi connectivity index (χ0n) is 72.4. The molecule has 19 nitrogen and oxygen atoms in total. The first kappa shape index (κ1) is 106. The molecule has 3 heterocycles. The lowest BCUT2D eigenvalue weighted by Crippen LogP contribution is -2.66. The summed E-state index contributed by atoms with van der Waals surface area (Å²) in [5.74, 6) is -0.251. The fourth-order valence-electron chi connectivity index (χ4n) is 15.2. The lowest BCUT2D eigenvalue weighted by Gasteiger charge is -2.48. The Morgan fingerprint density at radius 2 is 0.595 bits per heavy atom. The van der Waals surface area contributed by atoms with E-state index < -0.39 is 124 Å². The predicted molar refractivity (Wildman–Crippen MR) is 470 cm³/mol. The van der Waals surface area contributed by atoms with Gasteiger partial charge in [0.2, 0.25) is 5.91 Å². The van der Waals surface area contributed by atoms with Gasteiger partial charge < -0.3 is 89.9 Å². The molecule has 0 spiro atoms. The summed E-state index contributed by atoms with van der Waals surface area (Å²) in [5.41, 5.74) is 0. The number of unbranched alkanes of at least 4 members (excludes halogenated alkanes) is 39. The van der Waals surface area contributed by atoms with Crippen LogP contribution in [-0.2, 0) is 33.2 Å². The van der Waals surface area contributed by atoms with Crippen LogP contribution in [0, 0.1) is 0 Å². The van der Waals surface area contributed by atoms with Gasteiger partial charge in [-0.15, -0.1) is 0 Å². The minimum absolute atomic E-state index is 0.250. The highest BCUT2D eigenvalue weighted by Crippen LogP contribution is 2.34. The molecule has 3 saturated heterocycles. The van der Waals surface area contributed by atoms with E-state index in [4.69, 9.17) is 28.4 Å². The van der Waals surface area contributed by atoms with Gasteiger partial charge in [0.1, 0.15) is 73.2 Å². The molecule has 0 bridgehead atoms. The van der Waals surface area contributed by atoms with Crippen molar-refractivity contribution in [2.24, 2.45) is 0 Å². The summed E-state index contributed by atoms with van der Waals surface area (Å²) in [5, 5.41) is 121. The van der Waals surface area contributed by atoms with Gasteiger partial charge in [-0.2, -0.15) is 0 Å². The highest BCUT2D eigenvalue weighted by Gasteiger charge is 2.54. The first-order chi connectivity index (χ1) is 56.8. The normalized spacial score (nSPS) is 25.1. The van der Waals surface area contributed by atoms with Crippen LogP contribution in [0.4, 0.5) is 0 Å². The number of ether oxygens (including phenoxy) is 6. The Labute approximate surface area is 703 Å².